The van der Waals surface area contributed by atoms with E-state index in [2.05, 4.69) is 45.0 Å². The Labute approximate surface area is 162 Å². The summed E-state index contributed by atoms with van der Waals surface area (Å²) < 4.78 is 11.9. The highest BCUT2D eigenvalue weighted by Gasteiger charge is 2.23. The number of aryl methyl sites for hydroxylation is 4. The molecule has 2 N–H and O–H groups in total. The fraction of sp³-hybridized carbons (Fsp3) is 0.478. The van der Waals surface area contributed by atoms with Gasteiger partial charge < -0.3 is 19.7 Å². The first kappa shape index (κ1) is 21.3. The third-order valence-electron chi connectivity index (χ3n) is 4.73. The molecular weight excluding hydrogens is 340 g/mol. The molecule has 0 atom stereocenters. The van der Waals surface area contributed by atoms with Crippen LogP contribution in [-0.2, 0) is 0 Å². The third kappa shape index (κ3) is 5.02. The highest BCUT2D eigenvalue weighted by Crippen LogP contribution is 2.42. The predicted molar refractivity (Wildman–Crippen MR) is 109 cm³/mol. The zero-order valence-corrected chi connectivity index (χ0v) is 17.1. The van der Waals surface area contributed by atoms with Gasteiger partial charge in [-0.3, -0.25) is 0 Å². The first-order valence-corrected chi connectivity index (χ1v) is 9.62. The van der Waals surface area contributed by atoms with Crippen LogP contribution in [0.3, 0.4) is 0 Å². The van der Waals surface area contributed by atoms with Gasteiger partial charge in [-0.25, -0.2) is 0 Å². The Kier molecular flexibility index (Phi) is 7.69. The summed E-state index contributed by atoms with van der Waals surface area (Å²) in [5.74, 6) is 1.78. The second kappa shape index (κ2) is 9.77. The van der Waals surface area contributed by atoms with Gasteiger partial charge in [-0.15, -0.1) is 0 Å². The van der Waals surface area contributed by atoms with Crippen LogP contribution in [0.1, 0.15) is 52.6 Å². The molecule has 0 radical (unpaired) electrons. The Hall–Kier alpha value is -2.04. The summed E-state index contributed by atoms with van der Waals surface area (Å²) in [6, 6.07) is 8.55. The zero-order chi connectivity index (χ0) is 20.0. The van der Waals surface area contributed by atoms with Gasteiger partial charge in [0.1, 0.15) is 24.7 Å². The minimum Gasteiger partial charge on any atom is -0.491 e. The summed E-state index contributed by atoms with van der Waals surface area (Å²) >= 11 is 0. The standard InChI is InChI=1S/C23H32O4/c1-6-19(20-13-15(2)11-17(4)22(20)26-9-7-24)21-14-16(3)12-18(5)23(21)27-10-8-25/h11-14,19,24-25H,6-10H2,1-5H3. The van der Waals surface area contributed by atoms with Crippen molar-refractivity contribution in [3.63, 3.8) is 0 Å². The highest BCUT2D eigenvalue weighted by molar-refractivity contribution is 5.54. The fourth-order valence-corrected chi connectivity index (χ4v) is 3.79. The van der Waals surface area contributed by atoms with Gasteiger partial charge in [-0.2, -0.15) is 0 Å². The van der Waals surface area contributed by atoms with E-state index in [0.29, 0.717) is 0 Å². The largest absolute Gasteiger partial charge is 0.491 e. The predicted octanol–water partition coefficient (Wildman–Crippen LogP) is 4.20. The maximum atomic E-state index is 9.22. The number of aliphatic hydroxyl groups excluding tert-OH is 2. The minimum atomic E-state index is -0.0159. The molecule has 4 nitrogen and oxygen atoms in total. The van der Waals surface area contributed by atoms with E-state index in [9.17, 15) is 10.2 Å². The van der Waals surface area contributed by atoms with Gasteiger partial charge in [-0.1, -0.05) is 42.3 Å². The molecule has 4 heteroatoms. The second-order valence-corrected chi connectivity index (χ2v) is 7.11. The molecule has 0 aliphatic heterocycles. The normalized spacial score (nSPS) is 11.1. The van der Waals surface area contributed by atoms with Crippen molar-refractivity contribution in [2.75, 3.05) is 26.4 Å². The van der Waals surface area contributed by atoms with Crippen molar-refractivity contribution >= 4 is 0 Å². The molecule has 0 bridgehead atoms. The molecule has 0 amide bonds. The summed E-state index contributed by atoms with van der Waals surface area (Å²) in [6.07, 6.45) is 0.886. The van der Waals surface area contributed by atoms with Gasteiger partial charge in [0.2, 0.25) is 0 Å². The lowest BCUT2D eigenvalue weighted by atomic mass is 9.84. The lowest BCUT2D eigenvalue weighted by Crippen LogP contribution is -2.12. The number of hydrogen-bond donors (Lipinski definition) is 2. The average Bonchev–Trinajstić information content (AvgIpc) is 2.60. The zero-order valence-electron chi connectivity index (χ0n) is 17.1. The summed E-state index contributed by atoms with van der Waals surface area (Å²) in [5.41, 5.74) is 6.72. The average molecular weight is 373 g/mol. The summed E-state index contributed by atoms with van der Waals surface area (Å²) in [6.45, 7) is 10.9. The second-order valence-electron chi connectivity index (χ2n) is 7.11. The molecule has 0 aliphatic carbocycles. The Morgan fingerprint density at radius 3 is 1.48 bits per heavy atom. The number of benzene rings is 2. The van der Waals surface area contributed by atoms with E-state index in [1.54, 1.807) is 0 Å². The number of aliphatic hydroxyl groups is 2. The number of ether oxygens (including phenoxy) is 2. The van der Waals surface area contributed by atoms with Crippen LogP contribution < -0.4 is 9.47 Å². The van der Waals surface area contributed by atoms with E-state index in [-0.39, 0.29) is 32.3 Å². The Bertz CT molecular complexity index is 704. The van der Waals surface area contributed by atoms with Gasteiger partial charge in [-0.05, 0) is 45.2 Å². The molecule has 0 aliphatic rings. The van der Waals surface area contributed by atoms with E-state index in [0.717, 1.165) is 40.2 Å². The van der Waals surface area contributed by atoms with Crippen LogP contribution >= 0.6 is 0 Å². The maximum absolute atomic E-state index is 9.22. The maximum Gasteiger partial charge on any atom is 0.126 e. The van der Waals surface area contributed by atoms with Crippen molar-refractivity contribution in [3.8, 4) is 11.5 Å². The lowest BCUT2D eigenvalue weighted by molar-refractivity contribution is 0.197. The summed E-state index contributed by atoms with van der Waals surface area (Å²) in [5, 5.41) is 18.4. The van der Waals surface area contributed by atoms with Crippen LogP contribution in [0, 0.1) is 27.7 Å². The molecule has 2 aromatic carbocycles. The Morgan fingerprint density at radius 2 is 1.15 bits per heavy atom. The van der Waals surface area contributed by atoms with Gasteiger partial charge in [0, 0.05) is 17.0 Å². The molecule has 0 heterocycles. The van der Waals surface area contributed by atoms with Crippen molar-refractivity contribution in [3.05, 3.63) is 57.6 Å². The van der Waals surface area contributed by atoms with Gasteiger partial charge in [0.15, 0.2) is 0 Å². The first-order chi connectivity index (χ1) is 12.9. The molecule has 148 valence electrons. The van der Waals surface area contributed by atoms with Crippen LogP contribution in [0.2, 0.25) is 0 Å². The lowest BCUT2D eigenvalue weighted by Gasteiger charge is -2.25. The van der Waals surface area contributed by atoms with Crippen molar-refractivity contribution in [2.45, 2.75) is 47.0 Å². The van der Waals surface area contributed by atoms with E-state index in [1.807, 2.05) is 13.8 Å². The summed E-state index contributed by atoms with van der Waals surface area (Å²) in [4.78, 5) is 0. The third-order valence-corrected chi connectivity index (χ3v) is 4.73. The molecule has 2 aromatic rings. The monoisotopic (exact) mass is 372 g/mol. The molecule has 0 aromatic heterocycles. The SMILES string of the molecule is CCC(c1cc(C)cc(C)c1OCCO)c1cc(C)cc(C)c1OCCO. The van der Waals surface area contributed by atoms with Gasteiger partial charge in [0.25, 0.3) is 0 Å². The van der Waals surface area contributed by atoms with E-state index in [1.165, 1.54) is 11.1 Å². The number of rotatable bonds is 9. The van der Waals surface area contributed by atoms with Crippen molar-refractivity contribution in [1.29, 1.82) is 0 Å². The molecule has 0 saturated heterocycles. The fourth-order valence-electron chi connectivity index (χ4n) is 3.79. The van der Waals surface area contributed by atoms with Gasteiger partial charge >= 0.3 is 0 Å². The first-order valence-electron chi connectivity index (χ1n) is 9.62. The minimum absolute atomic E-state index is 0.0159. The Balaban J connectivity index is 2.63. The molecule has 27 heavy (non-hydrogen) atoms. The summed E-state index contributed by atoms with van der Waals surface area (Å²) in [7, 11) is 0. The van der Waals surface area contributed by atoms with Crippen LogP contribution in [0.5, 0.6) is 11.5 Å². The molecule has 0 saturated carbocycles. The molecule has 0 unspecified atom stereocenters. The van der Waals surface area contributed by atoms with Crippen molar-refractivity contribution < 1.29 is 19.7 Å². The molecular formula is C23H32O4. The quantitative estimate of drug-likeness (QED) is 0.692. The van der Waals surface area contributed by atoms with Crippen molar-refractivity contribution in [2.24, 2.45) is 0 Å². The van der Waals surface area contributed by atoms with E-state index >= 15 is 0 Å². The number of hydrogen-bond acceptors (Lipinski definition) is 4. The Morgan fingerprint density at radius 1 is 0.741 bits per heavy atom. The molecule has 0 spiro atoms. The van der Waals surface area contributed by atoms with E-state index in [4.69, 9.17) is 9.47 Å². The smallest absolute Gasteiger partial charge is 0.126 e. The van der Waals surface area contributed by atoms with Crippen LogP contribution in [-0.4, -0.2) is 36.6 Å². The molecule has 2 rings (SSSR count). The van der Waals surface area contributed by atoms with Gasteiger partial charge in [0.05, 0.1) is 13.2 Å². The van der Waals surface area contributed by atoms with Crippen LogP contribution in [0.25, 0.3) is 0 Å². The topological polar surface area (TPSA) is 58.9 Å². The van der Waals surface area contributed by atoms with Crippen LogP contribution in [0.15, 0.2) is 24.3 Å². The molecule has 0 fully saturated rings. The highest BCUT2D eigenvalue weighted by atomic mass is 16.5. The van der Waals surface area contributed by atoms with Crippen molar-refractivity contribution in [1.82, 2.24) is 0 Å². The van der Waals surface area contributed by atoms with E-state index < -0.39 is 0 Å². The van der Waals surface area contributed by atoms with Crippen LogP contribution in [0.4, 0.5) is 0 Å².